The van der Waals surface area contributed by atoms with Crippen LogP contribution in [-0.4, -0.2) is 12.1 Å². The molecule has 106 valence electrons. The number of rotatable bonds is 5. The second kappa shape index (κ2) is 6.04. The van der Waals surface area contributed by atoms with Crippen LogP contribution in [0, 0.1) is 17.7 Å². The van der Waals surface area contributed by atoms with Crippen LogP contribution in [0.25, 0.3) is 0 Å². The van der Waals surface area contributed by atoms with Crippen molar-refractivity contribution in [3.8, 4) is 0 Å². The summed E-state index contributed by atoms with van der Waals surface area (Å²) in [6, 6.07) is 7.21. The van der Waals surface area contributed by atoms with Gasteiger partial charge >= 0.3 is 0 Å². The van der Waals surface area contributed by atoms with E-state index in [9.17, 15) is 4.39 Å². The molecule has 0 saturated heterocycles. The van der Waals surface area contributed by atoms with Gasteiger partial charge < -0.3 is 5.32 Å². The Balaban J connectivity index is 2.00. The Kier molecular flexibility index (Phi) is 4.62. The van der Waals surface area contributed by atoms with Crippen LogP contribution in [0.2, 0.25) is 0 Å². The summed E-state index contributed by atoms with van der Waals surface area (Å²) in [6.45, 7) is 7.55. The van der Waals surface area contributed by atoms with Crippen LogP contribution < -0.4 is 5.32 Å². The van der Waals surface area contributed by atoms with E-state index in [4.69, 9.17) is 0 Å². The lowest BCUT2D eigenvalue weighted by atomic mass is 9.73. The Morgan fingerprint density at radius 2 is 1.95 bits per heavy atom. The molecular weight excluding hydrogens is 237 g/mol. The second-order valence-corrected chi connectivity index (χ2v) is 6.88. The van der Waals surface area contributed by atoms with Gasteiger partial charge in [0, 0.05) is 5.54 Å². The monoisotopic (exact) mass is 263 g/mol. The van der Waals surface area contributed by atoms with Gasteiger partial charge in [0.05, 0.1) is 0 Å². The number of benzene rings is 1. The van der Waals surface area contributed by atoms with E-state index in [1.807, 2.05) is 12.1 Å². The van der Waals surface area contributed by atoms with Gasteiger partial charge in [0.1, 0.15) is 5.82 Å². The Bertz CT molecular complexity index is 404. The van der Waals surface area contributed by atoms with Crippen molar-refractivity contribution in [3.05, 3.63) is 35.6 Å². The highest BCUT2D eigenvalue weighted by Crippen LogP contribution is 2.35. The van der Waals surface area contributed by atoms with Gasteiger partial charge in [-0.15, -0.1) is 0 Å². The summed E-state index contributed by atoms with van der Waals surface area (Å²) in [5.41, 5.74) is 1.01. The molecule has 0 heterocycles. The molecule has 1 unspecified atom stereocenters. The maximum absolute atomic E-state index is 13.8. The SMILES string of the molecule is CC(C)(C)NCC(Cc1ccccc1F)C1CCC1. The molecule has 19 heavy (non-hydrogen) atoms. The summed E-state index contributed by atoms with van der Waals surface area (Å²) in [7, 11) is 0. The molecule has 0 aliphatic heterocycles. The Labute approximate surface area is 116 Å². The fourth-order valence-electron chi connectivity index (χ4n) is 2.70. The van der Waals surface area contributed by atoms with Crippen molar-refractivity contribution in [2.75, 3.05) is 6.54 Å². The molecule has 2 rings (SSSR count). The first-order chi connectivity index (χ1) is 8.96. The minimum Gasteiger partial charge on any atom is -0.312 e. The first-order valence-corrected chi connectivity index (χ1v) is 7.44. The van der Waals surface area contributed by atoms with Crippen molar-refractivity contribution in [1.29, 1.82) is 0 Å². The molecule has 0 radical (unpaired) electrons. The Morgan fingerprint density at radius 1 is 1.26 bits per heavy atom. The molecule has 1 saturated carbocycles. The third-order valence-corrected chi connectivity index (χ3v) is 4.15. The van der Waals surface area contributed by atoms with Crippen LogP contribution in [-0.2, 0) is 6.42 Å². The standard InChI is InChI=1S/C17H26FN/c1-17(2,3)19-12-15(13-8-6-9-13)11-14-7-4-5-10-16(14)18/h4-5,7,10,13,15,19H,6,8-9,11-12H2,1-3H3. The summed E-state index contributed by atoms with van der Waals surface area (Å²) in [6.07, 6.45) is 4.82. The van der Waals surface area contributed by atoms with Gasteiger partial charge in [0.2, 0.25) is 0 Å². The molecule has 0 bridgehead atoms. The van der Waals surface area contributed by atoms with E-state index in [2.05, 4.69) is 26.1 Å². The van der Waals surface area contributed by atoms with Crippen LogP contribution in [0.1, 0.15) is 45.6 Å². The molecule has 0 spiro atoms. The second-order valence-electron chi connectivity index (χ2n) is 6.88. The molecule has 0 amide bonds. The van der Waals surface area contributed by atoms with Gasteiger partial charge in [-0.25, -0.2) is 4.39 Å². The van der Waals surface area contributed by atoms with E-state index < -0.39 is 0 Å². The van der Waals surface area contributed by atoms with E-state index in [0.29, 0.717) is 5.92 Å². The van der Waals surface area contributed by atoms with Crippen LogP contribution in [0.15, 0.2) is 24.3 Å². The smallest absolute Gasteiger partial charge is 0.126 e. The molecule has 1 nitrogen and oxygen atoms in total. The van der Waals surface area contributed by atoms with E-state index in [0.717, 1.165) is 24.4 Å². The molecule has 1 atom stereocenters. The average Bonchev–Trinajstić information content (AvgIpc) is 2.25. The summed E-state index contributed by atoms with van der Waals surface area (Å²) in [5.74, 6) is 1.28. The lowest BCUT2D eigenvalue weighted by Gasteiger charge is -2.36. The van der Waals surface area contributed by atoms with Crippen molar-refractivity contribution in [2.24, 2.45) is 11.8 Å². The van der Waals surface area contributed by atoms with Crippen molar-refractivity contribution in [3.63, 3.8) is 0 Å². The number of nitrogens with one attached hydrogen (secondary N) is 1. The summed E-state index contributed by atoms with van der Waals surface area (Å²) in [4.78, 5) is 0. The van der Waals surface area contributed by atoms with Gasteiger partial charge in [-0.1, -0.05) is 37.5 Å². The van der Waals surface area contributed by atoms with Crippen molar-refractivity contribution < 1.29 is 4.39 Å². The molecule has 1 aliphatic rings. The lowest BCUT2D eigenvalue weighted by molar-refractivity contribution is 0.188. The van der Waals surface area contributed by atoms with E-state index in [1.165, 1.54) is 19.3 Å². The Morgan fingerprint density at radius 3 is 2.47 bits per heavy atom. The van der Waals surface area contributed by atoms with Crippen molar-refractivity contribution >= 4 is 0 Å². The van der Waals surface area contributed by atoms with Gasteiger partial charge in [0.25, 0.3) is 0 Å². The minimum atomic E-state index is -0.0532. The highest BCUT2D eigenvalue weighted by Gasteiger charge is 2.28. The maximum atomic E-state index is 13.8. The van der Waals surface area contributed by atoms with E-state index in [-0.39, 0.29) is 11.4 Å². The van der Waals surface area contributed by atoms with Crippen molar-refractivity contribution in [1.82, 2.24) is 5.32 Å². The normalized spacial score (nSPS) is 18.1. The predicted molar refractivity (Wildman–Crippen MR) is 78.7 cm³/mol. The molecule has 2 heteroatoms. The van der Waals surface area contributed by atoms with Crippen LogP contribution in [0.3, 0.4) is 0 Å². The molecule has 1 fully saturated rings. The van der Waals surface area contributed by atoms with Crippen LogP contribution in [0.5, 0.6) is 0 Å². The Hall–Kier alpha value is -0.890. The molecule has 1 aromatic rings. The zero-order valence-electron chi connectivity index (χ0n) is 12.4. The summed E-state index contributed by atoms with van der Waals surface area (Å²) < 4.78 is 13.8. The largest absolute Gasteiger partial charge is 0.312 e. The highest BCUT2D eigenvalue weighted by atomic mass is 19.1. The predicted octanol–water partition coefficient (Wildman–Crippen LogP) is 4.17. The first kappa shape index (κ1) is 14.5. The van der Waals surface area contributed by atoms with Gasteiger partial charge in [-0.3, -0.25) is 0 Å². The zero-order chi connectivity index (χ0) is 13.9. The topological polar surface area (TPSA) is 12.0 Å². The van der Waals surface area contributed by atoms with Crippen molar-refractivity contribution in [2.45, 2.75) is 52.0 Å². The molecule has 1 aromatic carbocycles. The maximum Gasteiger partial charge on any atom is 0.126 e. The van der Waals surface area contributed by atoms with Gasteiger partial charge in [0.15, 0.2) is 0 Å². The molecular formula is C17H26FN. The third kappa shape index (κ3) is 4.31. The van der Waals surface area contributed by atoms with Gasteiger partial charge in [-0.05, 0) is 57.2 Å². The quantitative estimate of drug-likeness (QED) is 0.840. The molecule has 0 aromatic heterocycles. The molecule has 1 N–H and O–H groups in total. The fourth-order valence-corrected chi connectivity index (χ4v) is 2.70. The number of hydrogen-bond donors (Lipinski definition) is 1. The summed E-state index contributed by atoms with van der Waals surface area (Å²) >= 11 is 0. The van der Waals surface area contributed by atoms with Crippen LogP contribution in [0.4, 0.5) is 4.39 Å². The third-order valence-electron chi connectivity index (χ3n) is 4.15. The number of halogens is 1. The zero-order valence-corrected chi connectivity index (χ0v) is 12.4. The number of hydrogen-bond acceptors (Lipinski definition) is 1. The fraction of sp³-hybridized carbons (Fsp3) is 0.647. The van der Waals surface area contributed by atoms with Crippen LogP contribution >= 0.6 is 0 Å². The first-order valence-electron chi connectivity index (χ1n) is 7.44. The minimum absolute atomic E-state index is 0.0532. The van der Waals surface area contributed by atoms with E-state index in [1.54, 1.807) is 12.1 Å². The lowest BCUT2D eigenvalue weighted by Crippen LogP contribution is -2.42. The van der Waals surface area contributed by atoms with E-state index >= 15 is 0 Å². The highest BCUT2D eigenvalue weighted by molar-refractivity contribution is 5.18. The average molecular weight is 263 g/mol. The van der Waals surface area contributed by atoms with Gasteiger partial charge in [-0.2, -0.15) is 0 Å². The molecule has 1 aliphatic carbocycles. The summed E-state index contributed by atoms with van der Waals surface area (Å²) in [5, 5.41) is 3.59.